The Labute approximate surface area is 198 Å². The van der Waals surface area contributed by atoms with Gasteiger partial charge in [-0.2, -0.15) is 0 Å². The van der Waals surface area contributed by atoms with E-state index in [4.69, 9.17) is 9.97 Å². The predicted octanol–water partition coefficient (Wildman–Crippen LogP) is 4.56. The molecule has 5 aliphatic rings. The molecule has 3 aliphatic carbocycles. The van der Waals surface area contributed by atoms with E-state index in [1.807, 2.05) is 0 Å². The lowest BCUT2D eigenvalue weighted by Crippen LogP contribution is -2.18. The van der Waals surface area contributed by atoms with Gasteiger partial charge in [0.1, 0.15) is 11.6 Å². The SMILES string of the molecule is c1cc2c(cc1-c1ccc3nc([C@@H]4C[C@H]5C[C@H]5N4)[nH]c3c1)CCc1[nH]c([C@@H]3C[C@H]4C[C@H]4N3)nc1-2. The van der Waals surface area contributed by atoms with Gasteiger partial charge in [-0.1, -0.05) is 24.3 Å². The van der Waals surface area contributed by atoms with Gasteiger partial charge in [0, 0.05) is 23.3 Å². The molecule has 2 saturated heterocycles. The van der Waals surface area contributed by atoms with E-state index in [1.54, 1.807) is 0 Å². The van der Waals surface area contributed by atoms with Gasteiger partial charge in [0.2, 0.25) is 0 Å². The third-order valence-corrected chi connectivity index (χ3v) is 9.05. The summed E-state index contributed by atoms with van der Waals surface area (Å²) in [5, 5.41) is 7.45. The van der Waals surface area contributed by atoms with Crippen LogP contribution >= 0.6 is 0 Å². The number of imidazole rings is 2. The van der Waals surface area contributed by atoms with Crippen molar-refractivity contribution in [3.63, 3.8) is 0 Å². The molecule has 9 rings (SSSR count). The Kier molecular flexibility index (Phi) is 3.45. The highest BCUT2D eigenvalue weighted by Crippen LogP contribution is 2.47. The second kappa shape index (κ2) is 6.37. The zero-order valence-electron chi connectivity index (χ0n) is 19.1. The van der Waals surface area contributed by atoms with E-state index in [9.17, 15) is 0 Å². The number of fused-ring (bicyclic) bond motifs is 6. The summed E-state index contributed by atoms with van der Waals surface area (Å²) in [6, 6.07) is 15.8. The second-order valence-corrected chi connectivity index (χ2v) is 11.3. The van der Waals surface area contributed by atoms with Gasteiger partial charge in [0.25, 0.3) is 0 Å². The minimum absolute atomic E-state index is 0.390. The molecule has 4 fully saturated rings. The summed E-state index contributed by atoms with van der Waals surface area (Å²) in [5.41, 5.74) is 9.89. The number of nitrogens with zero attached hydrogens (tertiary/aromatic N) is 2. The van der Waals surface area contributed by atoms with Gasteiger partial charge in [-0.05, 0) is 79.2 Å². The Balaban J connectivity index is 1.03. The van der Waals surface area contributed by atoms with Crippen LogP contribution in [-0.4, -0.2) is 32.0 Å². The molecular weight excluding hydrogens is 420 g/mol. The molecule has 4 N–H and O–H groups in total. The lowest BCUT2D eigenvalue weighted by molar-refractivity contribution is 0.542. The van der Waals surface area contributed by atoms with Gasteiger partial charge in [-0.25, -0.2) is 9.97 Å². The van der Waals surface area contributed by atoms with Crippen LogP contribution < -0.4 is 10.6 Å². The number of aryl methyl sites for hydroxylation is 2. The van der Waals surface area contributed by atoms with Crippen LogP contribution in [0.25, 0.3) is 33.4 Å². The first-order valence-corrected chi connectivity index (χ1v) is 13.0. The van der Waals surface area contributed by atoms with Gasteiger partial charge >= 0.3 is 0 Å². The predicted molar refractivity (Wildman–Crippen MR) is 131 cm³/mol. The minimum atomic E-state index is 0.390. The Bertz CT molecular complexity index is 1460. The van der Waals surface area contributed by atoms with Crippen LogP contribution in [-0.2, 0) is 12.8 Å². The summed E-state index contributed by atoms with van der Waals surface area (Å²) < 4.78 is 0. The number of benzene rings is 2. The molecule has 0 bridgehead atoms. The van der Waals surface area contributed by atoms with Crippen LogP contribution in [0.5, 0.6) is 0 Å². The van der Waals surface area contributed by atoms with E-state index in [0.29, 0.717) is 12.1 Å². The van der Waals surface area contributed by atoms with E-state index >= 15 is 0 Å². The molecule has 170 valence electrons. The van der Waals surface area contributed by atoms with Crippen LogP contribution in [0.3, 0.4) is 0 Å². The van der Waals surface area contributed by atoms with Gasteiger partial charge in [-0.3, -0.25) is 0 Å². The average molecular weight is 449 g/mol. The van der Waals surface area contributed by atoms with Gasteiger partial charge in [-0.15, -0.1) is 0 Å². The highest BCUT2D eigenvalue weighted by molar-refractivity contribution is 5.83. The summed E-state index contributed by atoms with van der Waals surface area (Å²) in [5.74, 6) is 3.99. The largest absolute Gasteiger partial charge is 0.344 e. The zero-order valence-corrected chi connectivity index (χ0v) is 19.1. The van der Waals surface area contributed by atoms with Crippen molar-refractivity contribution in [2.45, 2.75) is 62.7 Å². The fourth-order valence-electron chi connectivity index (χ4n) is 6.91. The molecule has 2 aromatic carbocycles. The number of hydrogen-bond donors (Lipinski definition) is 4. The molecule has 0 amide bonds. The molecule has 6 heteroatoms. The van der Waals surface area contributed by atoms with Crippen LogP contribution in [0.1, 0.15) is 60.7 Å². The first-order chi connectivity index (χ1) is 16.7. The number of aromatic nitrogens is 4. The maximum atomic E-state index is 5.08. The molecular formula is C28H28N6. The molecule has 6 atom stereocenters. The number of hydrogen-bond acceptors (Lipinski definition) is 4. The van der Waals surface area contributed by atoms with Crippen LogP contribution in [0.15, 0.2) is 36.4 Å². The van der Waals surface area contributed by atoms with E-state index in [1.165, 1.54) is 59.3 Å². The van der Waals surface area contributed by atoms with Crippen molar-refractivity contribution in [2.75, 3.05) is 0 Å². The zero-order chi connectivity index (χ0) is 22.0. The first-order valence-electron chi connectivity index (χ1n) is 13.0. The monoisotopic (exact) mass is 448 g/mol. The van der Waals surface area contributed by atoms with Crippen molar-refractivity contribution in [1.29, 1.82) is 0 Å². The third kappa shape index (κ3) is 2.70. The fourth-order valence-corrected chi connectivity index (χ4v) is 6.91. The topological polar surface area (TPSA) is 81.4 Å². The lowest BCUT2D eigenvalue weighted by atomic mass is 9.89. The quantitative estimate of drug-likeness (QED) is 0.370. The minimum Gasteiger partial charge on any atom is -0.344 e. The molecule has 34 heavy (non-hydrogen) atoms. The summed E-state index contributed by atoms with van der Waals surface area (Å²) >= 11 is 0. The third-order valence-electron chi connectivity index (χ3n) is 9.05. The van der Waals surface area contributed by atoms with Crippen LogP contribution in [0.2, 0.25) is 0 Å². The Morgan fingerprint density at radius 2 is 1.44 bits per heavy atom. The van der Waals surface area contributed by atoms with Crippen molar-refractivity contribution in [1.82, 2.24) is 30.6 Å². The number of piperidine rings is 2. The van der Waals surface area contributed by atoms with Crippen molar-refractivity contribution in [3.8, 4) is 22.4 Å². The molecule has 2 saturated carbocycles. The summed E-state index contributed by atoms with van der Waals surface area (Å²) in [4.78, 5) is 17.2. The number of rotatable bonds is 3. The molecule has 4 heterocycles. The van der Waals surface area contributed by atoms with Gasteiger partial charge < -0.3 is 20.6 Å². The van der Waals surface area contributed by atoms with E-state index in [0.717, 1.165) is 59.4 Å². The average Bonchev–Trinajstić information content (AvgIpc) is 3.46. The summed E-state index contributed by atoms with van der Waals surface area (Å²) in [6.45, 7) is 0. The molecule has 2 aromatic heterocycles. The molecule has 2 aliphatic heterocycles. The fraction of sp³-hybridized carbons (Fsp3) is 0.429. The Morgan fingerprint density at radius 1 is 0.706 bits per heavy atom. The van der Waals surface area contributed by atoms with Gasteiger partial charge in [0.15, 0.2) is 0 Å². The number of H-pyrrole nitrogens is 2. The van der Waals surface area contributed by atoms with E-state index < -0.39 is 0 Å². The molecule has 0 unspecified atom stereocenters. The lowest BCUT2D eigenvalue weighted by Gasteiger charge is -2.16. The highest BCUT2D eigenvalue weighted by atomic mass is 15.1. The molecule has 0 radical (unpaired) electrons. The van der Waals surface area contributed by atoms with E-state index in [-0.39, 0.29) is 0 Å². The maximum Gasteiger partial charge on any atom is 0.124 e. The maximum absolute atomic E-state index is 5.08. The normalized spacial score (nSPS) is 32.4. The first kappa shape index (κ1) is 18.4. The summed E-state index contributed by atoms with van der Waals surface area (Å²) in [7, 11) is 0. The van der Waals surface area contributed by atoms with Gasteiger partial charge in [0.05, 0.1) is 28.8 Å². The molecule has 6 nitrogen and oxygen atoms in total. The Hall–Kier alpha value is -2.96. The second-order valence-electron chi connectivity index (χ2n) is 11.3. The van der Waals surface area contributed by atoms with Crippen molar-refractivity contribution in [2.24, 2.45) is 11.8 Å². The number of nitrogens with one attached hydrogen (secondary N) is 4. The standard InChI is InChI=1S/C28H28N6/c1-4-18-15(3-6-20-26(18)34-28(32-20)25-12-17-10-22(17)30-25)7-13(1)14-2-5-19-23(8-14)33-27(31-19)24-11-16-9-21(16)29-24/h1-2,4-5,7-8,16-17,21-22,24-25,29-30H,3,6,9-12H2,(H,31,33)(H,32,34)/t16-,17-,21-,22-,24+,25+/m1/s1. The van der Waals surface area contributed by atoms with Crippen LogP contribution in [0, 0.1) is 11.8 Å². The Morgan fingerprint density at radius 3 is 2.21 bits per heavy atom. The molecule has 4 aromatic rings. The summed E-state index contributed by atoms with van der Waals surface area (Å²) in [6.07, 6.45) is 7.26. The highest BCUT2D eigenvalue weighted by Gasteiger charge is 2.47. The van der Waals surface area contributed by atoms with E-state index in [2.05, 4.69) is 57.0 Å². The smallest absolute Gasteiger partial charge is 0.124 e. The van der Waals surface area contributed by atoms with Crippen molar-refractivity contribution in [3.05, 3.63) is 59.3 Å². The molecule has 0 spiro atoms. The van der Waals surface area contributed by atoms with Crippen molar-refractivity contribution < 1.29 is 0 Å². The van der Waals surface area contributed by atoms with Crippen molar-refractivity contribution >= 4 is 11.0 Å². The number of aromatic amines is 2. The van der Waals surface area contributed by atoms with Crippen LogP contribution in [0.4, 0.5) is 0 Å².